The fourth-order valence-corrected chi connectivity index (χ4v) is 5.49. The zero-order valence-electron chi connectivity index (χ0n) is 25.0. The second-order valence-electron chi connectivity index (χ2n) is 10.9. The molecule has 4 aromatic rings. The number of rotatable bonds is 10. The Kier molecular flexibility index (Phi) is 10.1. The largest absolute Gasteiger partial charge is 0.486 e. The van der Waals surface area contributed by atoms with E-state index in [9.17, 15) is 9.59 Å². The smallest absolute Gasteiger partial charge is 0.255 e. The molecule has 10 nitrogen and oxygen atoms in total. The molecule has 2 aliphatic heterocycles. The number of fused-ring (bicyclic) bond motifs is 1. The van der Waals surface area contributed by atoms with Crippen molar-refractivity contribution in [1.82, 2.24) is 14.8 Å². The molecule has 0 atom stereocenters. The SMILES string of the molecule is O=C(Nc1ccc(Oc2ccc(NCCC(=O)N3CCN(Cc4ccc5c(c4)OCCO5)CC3)cc2)nc1)c1ccc(Cl)c(Cl)c1. The van der Waals surface area contributed by atoms with Crippen LogP contribution in [0.25, 0.3) is 0 Å². The lowest BCUT2D eigenvalue weighted by Gasteiger charge is -2.35. The summed E-state index contributed by atoms with van der Waals surface area (Å²) < 4.78 is 17.2. The molecule has 0 spiro atoms. The van der Waals surface area contributed by atoms with Crippen LogP contribution in [0.3, 0.4) is 0 Å². The normalized spacial score (nSPS) is 14.4. The Morgan fingerprint density at radius 1 is 0.826 bits per heavy atom. The molecule has 3 heterocycles. The number of halogens is 2. The lowest BCUT2D eigenvalue weighted by atomic mass is 10.1. The fourth-order valence-electron chi connectivity index (χ4n) is 5.19. The number of hydrogen-bond acceptors (Lipinski definition) is 8. The van der Waals surface area contributed by atoms with Crippen molar-refractivity contribution in [2.24, 2.45) is 0 Å². The number of aromatic nitrogens is 1. The van der Waals surface area contributed by atoms with Gasteiger partial charge in [-0.2, -0.15) is 0 Å². The number of benzene rings is 3. The molecule has 12 heteroatoms. The maximum atomic E-state index is 12.8. The van der Waals surface area contributed by atoms with E-state index in [1.165, 1.54) is 17.8 Å². The number of piperazine rings is 1. The highest BCUT2D eigenvalue weighted by atomic mass is 35.5. The zero-order chi connectivity index (χ0) is 31.9. The Balaban J connectivity index is 0.898. The Labute approximate surface area is 277 Å². The molecule has 0 bridgehead atoms. The van der Waals surface area contributed by atoms with Gasteiger partial charge in [-0.3, -0.25) is 14.5 Å². The van der Waals surface area contributed by atoms with Crippen LogP contribution in [-0.4, -0.2) is 72.5 Å². The lowest BCUT2D eigenvalue weighted by Crippen LogP contribution is -2.48. The Morgan fingerprint density at radius 2 is 1.59 bits per heavy atom. The van der Waals surface area contributed by atoms with Crippen LogP contribution in [0.1, 0.15) is 22.3 Å². The van der Waals surface area contributed by atoms with Crippen molar-refractivity contribution in [1.29, 1.82) is 0 Å². The minimum absolute atomic E-state index is 0.147. The standard InChI is InChI=1S/C34H33Cl2N5O5/c35-28-8-2-24(20-29(28)36)34(43)39-26-5-10-32(38-21-26)46-27-6-3-25(4-7-27)37-12-11-33(42)41-15-13-40(14-16-41)22-23-1-9-30-31(19-23)45-18-17-44-30/h1-10,19-21,37H,11-18,22H2,(H,39,43). The number of anilines is 2. The van der Waals surface area contributed by atoms with Gasteiger partial charge in [0.2, 0.25) is 11.8 Å². The molecule has 6 rings (SSSR count). The predicted octanol–water partition coefficient (Wildman–Crippen LogP) is 6.35. The van der Waals surface area contributed by atoms with Crippen molar-refractivity contribution in [3.05, 3.63) is 100 Å². The van der Waals surface area contributed by atoms with Gasteiger partial charge in [-0.05, 0) is 66.2 Å². The Hall–Kier alpha value is -4.51. The van der Waals surface area contributed by atoms with Crippen LogP contribution in [0.15, 0.2) is 79.0 Å². The molecule has 1 saturated heterocycles. The summed E-state index contributed by atoms with van der Waals surface area (Å²) in [7, 11) is 0. The number of amides is 2. The number of pyridine rings is 1. The lowest BCUT2D eigenvalue weighted by molar-refractivity contribution is -0.132. The van der Waals surface area contributed by atoms with E-state index in [0.717, 1.165) is 36.8 Å². The molecule has 3 aromatic carbocycles. The van der Waals surface area contributed by atoms with Crippen LogP contribution < -0.4 is 24.8 Å². The van der Waals surface area contributed by atoms with Crippen LogP contribution in [-0.2, 0) is 11.3 Å². The van der Waals surface area contributed by atoms with E-state index < -0.39 is 0 Å². The van der Waals surface area contributed by atoms with Crippen molar-refractivity contribution in [2.45, 2.75) is 13.0 Å². The predicted molar refractivity (Wildman–Crippen MR) is 178 cm³/mol. The van der Waals surface area contributed by atoms with Crippen molar-refractivity contribution in [3.8, 4) is 23.1 Å². The van der Waals surface area contributed by atoms with E-state index in [1.54, 1.807) is 24.3 Å². The van der Waals surface area contributed by atoms with Gasteiger partial charge in [0.15, 0.2) is 11.5 Å². The highest BCUT2D eigenvalue weighted by Crippen LogP contribution is 2.31. The third-order valence-electron chi connectivity index (χ3n) is 7.66. The summed E-state index contributed by atoms with van der Waals surface area (Å²) >= 11 is 11.9. The van der Waals surface area contributed by atoms with E-state index in [0.29, 0.717) is 72.2 Å². The molecule has 0 radical (unpaired) electrons. The molecule has 0 unspecified atom stereocenters. The first-order valence-corrected chi connectivity index (χ1v) is 15.8. The zero-order valence-corrected chi connectivity index (χ0v) is 26.5. The van der Waals surface area contributed by atoms with Gasteiger partial charge in [0.1, 0.15) is 19.0 Å². The first kappa shape index (κ1) is 31.5. The average molecular weight is 663 g/mol. The highest BCUT2D eigenvalue weighted by Gasteiger charge is 2.21. The molecule has 0 aliphatic carbocycles. The number of hydrogen-bond donors (Lipinski definition) is 2. The molecular weight excluding hydrogens is 629 g/mol. The summed E-state index contributed by atoms with van der Waals surface area (Å²) in [5.41, 5.74) is 2.96. The topological polar surface area (TPSA) is 105 Å². The monoisotopic (exact) mass is 661 g/mol. The highest BCUT2D eigenvalue weighted by molar-refractivity contribution is 6.42. The second-order valence-corrected chi connectivity index (χ2v) is 11.7. The molecule has 0 saturated carbocycles. The first-order chi connectivity index (χ1) is 22.4. The molecule has 1 aromatic heterocycles. The Bertz CT molecular complexity index is 1680. The molecule has 2 N–H and O–H groups in total. The van der Waals surface area contributed by atoms with E-state index in [4.69, 9.17) is 37.4 Å². The van der Waals surface area contributed by atoms with E-state index in [2.05, 4.69) is 32.7 Å². The third kappa shape index (κ3) is 8.20. The van der Waals surface area contributed by atoms with Gasteiger partial charge >= 0.3 is 0 Å². The van der Waals surface area contributed by atoms with Gasteiger partial charge in [0, 0.05) is 63.0 Å². The summed E-state index contributed by atoms with van der Waals surface area (Å²) in [5, 5.41) is 6.77. The fraction of sp³-hybridized carbons (Fsp3) is 0.265. The quantitative estimate of drug-likeness (QED) is 0.203. The van der Waals surface area contributed by atoms with Gasteiger partial charge in [0.25, 0.3) is 5.91 Å². The maximum absolute atomic E-state index is 12.8. The van der Waals surface area contributed by atoms with E-state index in [1.807, 2.05) is 35.2 Å². The van der Waals surface area contributed by atoms with Crippen LogP contribution in [0.2, 0.25) is 10.0 Å². The molecule has 1 fully saturated rings. The summed E-state index contributed by atoms with van der Waals surface area (Å²) in [4.78, 5) is 33.9. The van der Waals surface area contributed by atoms with Gasteiger partial charge in [-0.1, -0.05) is 29.3 Å². The van der Waals surface area contributed by atoms with E-state index >= 15 is 0 Å². The molecule has 2 aliphatic rings. The third-order valence-corrected chi connectivity index (χ3v) is 8.40. The molecule has 46 heavy (non-hydrogen) atoms. The van der Waals surface area contributed by atoms with Crippen LogP contribution in [0.4, 0.5) is 11.4 Å². The van der Waals surface area contributed by atoms with Crippen LogP contribution in [0.5, 0.6) is 23.1 Å². The molecule has 2 amide bonds. The second kappa shape index (κ2) is 14.7. The number of carbonyl (C=O) groups excluding carboxylic acids is 2. The number of nitrogens with zero attached hydrogens (tertiary/aromatic N) is 3. The number of nitrogens with one attached hydrogen (secondary N) is 2. The average Bonchev–Trinajstić information content (AvgIpc) is 3.08. The van der Waals surface area contributed by atoms with Crippen molar-refractivity contribution >= 4 is 46.4 Å². The van der Waals surface area contributed by atoms with Gasteiger partial charge in [-0.15, -0.1) is 0 Å². The Morgan fingerprint density at radius 3 is 2.33 bits per heavy atom. The number of ether oxygens (including phenoxy) is 3. The summed E-state index contributed by atoms with van der Waals surface area (Å²) in [6.45, 7) is 5.62. The van der Waals surface area contributed by atoms with E-state index in [-0.39, 0.29) is 11.8 Å². The van der Waals surface area contributed by atoms with Crippen molar-refractivity contribution in [3.63, 3.8) is 0 Å². The molecular formula is C34H33Cl2N5O5. The van der Waals surface area contributed by atoms with Crippen LogP contribution >= 0.6 is 23.2 Å². The molecule has 238 valence electrons. The van der Waals surface area contributed by atoms with Crippen LogP contribution in [0, 0.1) is 0 Å². The van der Waals surface area contributed by atoms with Gasteiger partial charge < -0.3 is 29.7 Å². The van der Waals surface area contributed by atoms with Crippen molar-refractivity contribution < 1.29 is 23.8 Å². The van der Waals surface area contributed by atoms with Gasteiger partial charge in [-0.25, -0.2) is 4.98 Å². The van der Waals surface area contributed by atoms with Gasteiger partial charge in [0.05, 0.1) is 21.9 Å². The summed E-state index contributed by atoms with van der Waals surface area (Å²) in [5.74, 6) is 2.41. The van der Waals surface area contributed by atoms with Crippen molar-refractivity contribution in [2.75, 3.05) is 56.6 Å². The minimum Gasteiger partial charge on any atom is -0.486 e. The maximum Gasteiger partial charge on any atom is 0.255 e. The minimum atomic E-state index is -0.328. The summed E-state index contributed by atoms with van der Waals surface area (Å²) in [6, 6.07) is 21.6. The first-order valence-electron chi connectivity index (χ1n) is 15.0. The number of carbonyl (C=O) groups is 2. The summed E-state index contributed by atoms with van der Waals surface area (Å²) in [6.07, 6.45) is 1.93.